The van der Waals surface area contributed by atoms with E-state index in [9.17, 15) is 4.79 Å². The van der Waals surface area contributed by atoms with Gasteiger partial charge in [0.05, 0.1) is 0 Å². The van der Waals surface area contributed by atoms with Gasteiger partial charge in [-0.25, -0.2) is 4.79 Å². The van der Waals surface area contributed by atoms with Crippen LogP contribution in [0.3, 0.4) is 0 Å². The largest absolute Gasteiger partial charge is 0.326 e. The van der Waals surface area contributed by atoms with Crippen molar-refractivity contribution in [2.45, 2.75) is 13.5 Å². The molecule has 0 aliphatic carbocycles. The van der Waals surface area contributed by atoms with Crippen LogP contribution in [-0.4, -0.2) is 6.03 Å². The number of nitrogens with two attached hydrogens (primary N) is 1. The molecule has 106 valence electrons. The van der Waals surface area contributed by atoms with Crippen LogP contribution in [0.15, 0.2) is 48.5 Å². The molecule has 0 heterocycles. The fourth-order valence-corrected chi connectivity index (χ4v) is 1.74. The number of amides is 2. The second-order valence-electron chi connectivity index (χ2n) is 4.35. The zero-order valence-corrected chi connectivity index (χ0v) is 12.0. The Bertz CT molecular complexity index is 570. The molecule has 0 bridgehead atoms. The van der Waals surface area contributed by atoms with Crippen molar-refractivity contribution in [3.8, 4) is 0 Å². The van der Waals surface area contributed by atoms with Crippen molar-refractivity contribution in [1.82, 2.24) is 0 Å². The van der Waals surface area contributed by atoms with Crippen LogP contribution in [0, 0.1) is 6.92 Å². The fourth-order valence-electron chi connectivity index (χ4n) is 1.74. The number of benzene rings is 2. The summed E-state index contributed by atoms with van der Waals surface area (Å²) in [6, 6.07) is 14.8. The van der Waals surface area contributed by atoms with E-state index in [0.717, 1.165) is 22.5 Å². The lowest BCUT2D eigenvalue weighted by molar-refractivity contribution is 0.262. The van der Waals surface area contributed by atoms with Gasteiger partial charge in [0.15, 0.2) is 0 Å². The first-order valence-electron chi connectivity index (χ1n) is 6.11. The molecule has 2 aromatic rings. The number of halogens is 1. The molecule has 20 heavy (non-hydrogen) atoms. The standard InChI is InChI=1S/C15H17N3O.ClH/c1-11-3-2-4-14(9-11)18-15(19)17-13-7-5-12(10-16)6-8-13;/h2-9H,10,16H2,1H3,(H2,17,18,19);1H. The van der Waals surface area contributed by atoms with Crippen LogP contribution in [-0.2, 0) is 6.54 Å². The van der Waals surface area contributed by atoms with E-state index in [2.05, 4.69) is 10.6 Å². The number of urea groups is 1. The zero-order valence-electron chi connectivity index (χ0n) is 11.2. The third kappa shape index (κ3) is 4.57. The van der Waals surface area contributed by atoms with Crippen molar-refractivity contribution in [2.24, 2.45) is 5.73 Å². The predicted octanol–water partition coefficient (Wildman–Crippen LogP) is 3.52. The molecule has 0 aliphatic rings. The number of hydrogen-bond acceptors (Lipinski definition) is 2. The molecule has 5 heteroatoms. The fraction of sp³-hybridized carbons (Fsp3) is 0.133. The Labute approximate surface area is 124 Å². The highest BCUT2D eigenvalue weighted by Crippen LogP contribution is 2.12. The predicted molar refractivity (Wildman–Crippen MR) is 85.4 cm³/mol. The van der Waals surface area contributed by atoms with Gasteiger partial charge < -0.3 is 16.4 Å². The normalized spacial score (nSPS) is 9.50. The topological polar surface area (TPSA) is 67.2 Å². The van der Waals surface area contributed by atoms with Gasteiger partial charge in [0.2, 0.25) is 0 Å². The van der Waals surface area contributed by atoms with Gasteiger partial charge in [-0.2, -0.15) is 0 Å². The van der Waals surface area contributed by atoms with E-state index in [1.807, 2.05) is 55.5 Å². The average molecular weight is 292 g/mol. The lowest BCUT2D eigenvalue weighted by atomic mass is 10.2. The smallest absolute Gasteiger partial charge is 0.323 e. The summed E-state index contributed by atoms with van der Waals surface area (Å²) in [5.74, 6) is 0. The SMILES string of the molecule is Cc1cccc(NC(=O)Nc2ccc(CN)cc2)c1.Cl. The molecule has 0 spiro atoms. The molecule has 0 atom stereocenters. The first-order valence-corrected chi connectivity index (χ1v) is 6.11. The number of carbonyl (C=O) groups is 1. The lowest BCUT2D eigenvalue weighted by Gasteiger charge is -2.08. The number of nitrogens with one attached hydrogen (secondary N) is 2. The highest BCUT2D eigenvalue weighted by Gasteiger charge is 2.02. The molecule has 4 nitrogen and oxygen atoms in total. The molecule has 0 unspecified atom stereocenters. The van der Waals surface area contributed by atoms with Crippen molar-refractivity contribution in [2.75, 3.05) is 10.6 Å². The van der Waals surface area contributed by atoms with E-state index in [0.29, 0.717) is 6.54 Å². The third-order valence-corrected chi connectivity index (χ3v) is 2.72. The molecule has 0 radical (unpaired) electrons. The van der Waals surface area contributed by atoms with Crippen molar-refractivity contribution >= 4 is 29.8 Å². The summed E-state index contributed by atoms with van der Waals surface area (Å²) < 4.78 is 0. The Morgan fingerprint density at radius 1 is 1.05 bits per heavy atom. The molecular weight excluding hydrogens is 274 g/mol. The molecule has 0 aliphatic heterocycles. The Balaban J connectivity index is 0.00000200. The van der Waals surface area contributed by atoms with Crippen LogP contribution in [0.2, 0.25) is 0 Å². The van der Waals surface area contributed by atoms with Crippen LogP contribution >= 0.6 is 12.4 Å². The number of hydrogen-bond donors (Lipinski definition) is 3. The molecule has 2 rings (SSSR count). The van der Waals surface area contributed by atoms with E-state index < -0.39 is 0 Å². The van der Waals surface area contributed by atoms with E-state index in [-0.39, 0.29) is 18.4 Å². The second-order valence-corrected chi connectivity index (χ2v) is 4.35. The minimum atomic E-state index is -0.258. The summed E-state index contributed by atoms with van der Waals surface area (Å²) >= 11 is 0. The van der Waals surface area contributed by atoms with Gasteiger partial charge >= 0.3 is 6.03 Å². The van der Waals surface area contributed by atoms with Gasteiger partial charge in [0, 0.05) is 17.9 Å². The van der Waals surface area contributed by atoms with Crippen LogP contribution in [0.4, 0.5) is 16.2 Å². The van der Waals surface area contributed by atoms with Gasteiger partial charge in [-0.15, -0.1) is 12.4 Å². The van der Waals surface area contributed by atoms with Crippen LogP contribution in [0.25, 0.3) is 0 Å². The zero-order chi connectivity index (χ0) is 13.7. The molecule has 2 aromatic carbocycles. The summed E-state index contributed by atoms with van der Waals surface area (Å²) in [4.78, 5) is 11.8. The van der Waals surface area contributed by atoms with Gasteiger partial charge in [-0.3, -0.25) is 0 Å². The first-order chi connectivity index (χ1) is 9.17. The van der Waals surface area contributed by atoms with Crippen molar-refractivity contribution < 1.29 is 4.79 Å². The number of anilines is 2. The molecule has 0 saturated carbocycles. The second kappa shape index (κ2) is 7.53. The lowest BCUT2D eigenvalue weighted by Crippen LogP contribution is -2.19. The van der Waals surface area contributed by atoms with Crippen molar-refractivity contribution in [1.29, 1.82) is 0 Å². The highest BCUT2D eigenvalue weighted by atomic mass is 35.5. The quantitative estimate of drug-likeness (QED) is 0.810. The van der Waals surface area contributed by atoms with Gasteiger partial charge in [0.1, 0.15) is 0 Å². The number of aryl methyl sites for hydroxylation is 1. The molecule has 0 saturated heterocycles. The summed E-state index contributed by atoms with van der Waals surface area (Å²) in [5.41, 5.74) is 9.16. The maximum atomic E-state index is 11.8. The Morgan fingerprint density at radius 3 is 2.30 bits per heavy atom. The monoisotopic (exact) mass is 291 g/mol. The molecular formula is C15H18ClN3O. The summed E-state index contributed by atoms with van der Waals surface area (Å²) in [5, 5.41) is 5.56. The maximum Gasteiger partial charge on any atom is 0.323 e. The van der Waals surface area contributed by atoms with Gasteiger partial charge in [-0.1, -0.05) is 24.3 Å². The molecule has 0 aromatic heterocycles. The van der Waals surface area contributed by atoms with Crippen LogP contribution in [0.5, 0.6) is 0 Å². The minimum absolute atomic E-state index is 0. The van der Waals surface area contributed by atoms with Crippen molar-refractivity contribution in [3.05, 3.63) is 59.7 Å². The Kier molecular flexibility index (Phi) is 6.03. The molecule has 4 N–H and O–H groups in total. The van der Waals surface area contributed by atoms with E-state index in [4.69, 9.17) is 5.73 Å². The molecule has 2 amide bonds. The van der Waals surface area contributed by atoms with Crippen LogP contribution in [0.1, 0.15) is 11.1 Å². The van der Waals surface area contributed by atoms with Crippen LogP contribution < -0.4 is 16.4 Å². The molecule has 0 fully saturated rings. The summed E-state index contributed by atoms with van der Waals surface area (Å²) in [6.45, 7) is 2.48. The maximum absolute atomic E-state index is 11.8. The van der Waals surface area contributed by atoms with E-state index in [1.54, 1.807) is 0 Å². The van der Waals surface area contributed by atoms with Gasteiger partial charge in [-0.05, 0) is 42.3 Å². The third-order valence-electron chi connectivity index (χ3n) is 2.72. The average Bonchev–Trinajstić information content (AvgIpc) is 2.39. The number of carbonyl (C=O) groups excluding carboxylic acids is 1. The van der Waals surface area contributed by atoms with E-state index >= 15 is 0 Å². The summed E-state index contributed by atoms with van der Waals surface area (Å²) in [7, 11) is 0. The number of rotatable bonds is 3. The first kappa shape index (κ1) is 16.0. The Hall–Kier alpha value is -2.04. The highest BCUT2D eigenvalue weighted by molar-refractivity contribution is 5.99. The van der Waals surface area contributed by atoms with Gasteiger partial charge in [0.25, 0.3) is 0 Å². The Morgan fingerprint density at radius 2 is 1.70 bits per heavy atom. The van der Waals surface area contributed by atoms with E-state index in [1.165, 1.54) is 0 Å². The summed E-state index contributed by atoms with van der Waals surface area (Å²) in [6.07, 6.45) is 0. The van der Waals surface area contributed by atoms with Crippen molar-refractivity contribution in [3.63, 3.8) is 0 Å². The minimum Gasteiger partial charge on any atom is -0.326 e.